The standard InChI is InChI=1S/C11H13Cl2NO/c1-8(12)11(13)14-10(15)7-9-5-3-2-4-6-9/h2-6,8,11H,7H2,1H3,(H,14,15). The van der Waals surface area contributed by atoms with Gasteiger partial charge in [0.1, 0.15) is 5.50 Å². The highest BCUT2D eigenvalue weighted by molar-refractivity contribution is 6.30. The summed E-state index contributed by atoms with van der Waals surface area (Å²) in [4.78, 5) is 11.5. The van der Waals surface area contributed by atoms with E-state index < -0.39 is 5.50 Å². The number of benzene rings is 1. The Balaban J connectivity index is 2.43. The summed E-state index contributed by atoms with van der Waals surface area (Å²) in [6.07, 6.45) is 0.327. The van der Waals surface area contributed by atoms with E-state index in [9.17, 15) is 4.79 Å². The molecule has 0 fully saturated rings. The highest BCUT2D eigenvalue weighted by Crippen LogP contribution is 2.06. The number of carbonyl (C=O) groups excluding carboxylic acids is 1. The zero-order valence-electron chi connectivity index (χ0n) is 8.41. The molecule has 1 aromatic carbocycles. The first kappa shape index (κ1) is 12.3. The summed E-state index contributed by atoms with van der Waals surface area (Å²) in [5.74, 6) is -0.117. The fourth-order valence-electron chi connectivity index (χ4n) is 1.10. The Morgan fingerprint density at radius 1 is 1.33 bits per heavy atom. The summed E-state index contributed by atoms with van der Waals surface area (Å²) in [6, 6.07) is 9.49. The lowest BCUT2D eigenvalue weighted by molar-refractivity contribution is -0.120. The molecule has 2 unspecified atom stereocenters. The van der Waals surface area contributed by atoms with E-state index in [1.165, 1.54) is 0 Å². The maximum absolute atomic E-state index is 11.5. The van der Waals surface area contributed by atoms with E-state index in [2.05, 4.69) is 5.32 Å². The first-order valence-corrected chi connectivity index (χ1v) is 5.58. The second-order valence-electron chi connectivity index (χ2n) is 3.31. The molecule has 0 saturated carbocycles. The Morgan fingerprint density at radius 3 is 2.47 bits per heavy atom. The van der Waals surface area contributed by atoms with Gasteiger partial charge in [0, 0.05) is 0 Å². The van der Waals surface area contributed by atoms with Crippen LogP contribution < -0.4 is 5.32 Å². The molecule has 15 heavy (non-hydrogen) atoms. The van der Waals surface area contributed by atoms with Crippen molar-refractivity contribution >= 4 is 29.1 Å². The number of carbonyl (C=O) groups is 1. The van der Waals surface area contributed by atoms with Crippen LogP contribution >= 0.6 is 23.2 Å². The Morgan fingerprint density at radius 2 is 1.93 bits per heavy atom. The summed E-state index contributed by atoms with van der Waals surface area (Å²) < 4.78 is 0. The van der Waals surface area contributed by atoms with Crippen LogP contribution in [0.25, 0.3) is 0 Å². The zero-order valence-corrected chi connectivity index (χ0v) is 9.92. The number of alkyl halides is 2. The normalized spacial score (nSPS) is 14.3. The molecule has 1 amide bonds. The SMILES string of the molecule is CC(Cl)C(Cl)NC(=O)Cc1ccccc1. The molecule has 0 heterocycles. The van der Waals surface area contributed by atoms with Crippen LogP contribution in [0, 0.1) is 0 Å². The van der Waals surface area contributed by atoms with E-state index >= 15 is 0 Å². The van der Waals surface area contributed by atoms with E-state index in [1.54, 1.807) is 6.92 Å². The summed E-state index contributed by atoms with van der Waals surface area (Å²) in [6.45, 7) is 1.74. The fourth-order valence-corrected chi connectivity index (χ4v) is 1.29. The van der Waals surface area contributed by atoms with Crippen molar-refractivity contribution in [2.75, 3.05) is 0 Å². The minimum Gasteiger partial charge on any atom is -0.338 e. The van der Waals surface area contributed by atoms with Gasteiger partial charge in [-0.3, -0.25) is 4.79 Å². The van der Waals surface area contributed by atoms with Gasteiger partial charge in [0.2, 0.25) is 5.91 Å². The van der Waals surface area contributed by atoms with E-state index in [0.717, 1.165) is 5.56 Å². The third-order valence-electron chi connectivity index (χ3n) is 1.91. The molecule has 0 aliphatic rings. The molecule has 82 valence electrons. The molecule has 0 aliphatic carbocycles. The first-order valence-electron chi connectivity index (χ1n) is 4.71. The number of hydrogen-bond acceptors (Lipinski definition) is 1. The molecule has 1 rings (SSSR count). The highest BCUT2D eigenvalue weighted by Gasteiger charge is 2.14. The number of nitrogens with one attached hydrogen (secondary N) is 1. The summed E-state index contributed by atoms with van der Waals surface area (Å²) >= 11 is 11.5. The average Bonchev–Trinajstić information content (AvgIpc) is 2.18. The van der Waals surface area contributed by atoms with Crippen LogP contribution in [0.1, 0.15) is 12.5 Å². The quantitative estimate of drug-likeness (QED) is 0.642. The number of amides is 1. The number of halogens is 2. The lowest BCUT2D eigenvalue weighted by Gasteiger charge is -2.13. The van der Waals surface area contributed by atoms with Gasteiger partial charge < -0.3 is 5.32 Å². The van der Waals surface area contributed by atoms with Crippen molar-refractivity contribution in [1.82, 2.24) is 5.32 Å². The minimum absolute atomic E-state index is 0.117. The van der Waals surface area contributed by atoms with Gasteiger partial charge in [-0.1, -0.05) is 41.9 Å². The van der Waals surface area contributed by atoms with Gasteiger partial charge in [-0.15, -0.1) is 11.6 Å². The predicted molar refractivity (Wildman–Crippen MR) is 63.2 cm³/mol. The van der Waals surface area contributed by atoms with Crippen molar-refractivity contribution in [1.29, 1.82) is 0 Å². The van der Waals surface area contributed by atoms with Crippen molar-refractivity contribution in [3.63, 3.8) is 0 Å². The van der Waals surface area contributed by atoms with Gasteiger partial charge in [-0.05, 0) is 12.5 Å². The summed E-state index contributed by atoms with van der Waals surface area (Å²) in [5.41, 5.74) is 0.434. The van der Waals surface area contributed by atoms with Crippen molar-refractivity contribution in [3.05, 3.63) is 35.9 Å². The fraction of sp³-hybridized carbons (Fsp3) is 0.364. The second kappa shape index (κ2) is 5.99. The van der Waals surface area contributed by atoms with Crippen LogP contribution in [0.15, 0.2) is 30.3 Å². The molecule has 0 saturated heterocycles. The van der Waals surface area contributed by atoms with Gasteiger partial charge in [-0.2, -0.15) is 0 Å². The molecule has 0 aliphatic heterocycles. The third kappa shape index (κ3) is 4.54. The molecule has 0 radical (unpaired) electrons. The van der Waals surface area contributed by atoms with Gasteiger partial charge in [-0.25, -0.2) is 0 Å². The Hall–Kier alpha value is -0.730. The lowest BCUT2D eigenvalue weighted by Crippen LogP contribution is -2.36. The van der Waals surface area contributed by atoms with Crippen LogP contribution in [0.4, 0.5) is 0 Å². The molecule has 2 atom stereocenters. The topological polar surface area (TPSA) is 29.1 Å². The minimum atomic E-state index is -0.525. The van der Waals surface area contributed by atoms with Crippen LogP contribution in [0.5, 0.6) is 0 Å². The second-order valence-corrected chi connectivity index (χ2v) is 4.47. The molecule has 2 nitrogen and oxygen atoms in total. The maximum Gasteiger partial charge on any atom is 0.225 e. The van der Waals surface area contributed by atoms with Crippen molar-refractivity contribution in [2.45, 2.75) is 24.2 Å². The molecule has 0 bridgehead atoms. The van der Waals surface area contributed by atoms with Crippen LogP contribution in [0.2, 0.25) is 0 Å². The molecular formula is C11H13Cl2NO. The smallest absolute Gasteiger partial charge is 0.225 e. The molecule has 0 spiro atoms. The predicted octanol–water partition coefficient (Wildman–Crippen LogP) is 2.54. The molecule has 1 aromatic rings. The van der Waals surface area contributed by atoms with Gasteiger partial charge in [0.05, 0.1) is 11.8 Å². The lowest BCUT2D eigenvalue weighted by atomic mass is 10.1. The third-order valence-corrected chi connectivity index (χ3v) is 2.78. The highest BCUT2D eigenvalue weighted by atomic mass is 35.5. The molecule has 0 aromatic heterocycles. The van der Waals surface area contributed by atoms with Crippen LogP contribution in [-0.4, -0.2) is 16.8 Å². The van der Waals surface area contributed by atoms with Crippen molar-refractivity contribution in [3.8, 4) is 0 Å². The van der Waals surface area contributed by atoms with Crippen molar-refractivity contribution in [2.24, 2.45) is 0 Å². The van der Waals surface area contributed by atoms with Gasteiger partial charge in [0.25, 0.3) is 0 Å². The number of rotatable bonds is 4. The van der Waals surface area contributed by atoms with E-state index in [0.29, 0.717) is 6.42 Å². The Labute approximate surface area is 99.6 Å². The van der Waals surface area contributed by atoms with E-state index in [-0.39, 0.29) is 11.3 Å². The number of hydrogen-bond donors (Lipinski definition) is 1. The summed E-state index contributed by atoms with van der Waals surface area (Å²) in [7, 11) is 0. The van der Waals surface area contributed by atoms with E-state index in [1.807, 2.05) is 30.3 Å². The molecule has 1 N–H and O–H groups in total. The van der Waals surface area contributed by atoms with Gasteiger partial charge in [0.15, 0.2) is 0 Å². The van der Waals surface area contributed by atoms with E-state index in [4.69, 9.17) is 23.2 Å². The van der Waals surface area contributed by atoms with Crippen LogP contribution in [-0.2, 0) is 11.2 Å². The van der Waals surface area contributed by atoms with Crippen molar-refractivity contribution < 1.29 is 4.79 Å². The Kier molecular flexibility index (Phi) is 4.92. The molecular weight excluding hydrogens is 233 g/mol. The van der Waals surface area contributed by atoms with Gasteiger partial charge >= 0.3 is 0 Å². The summed E-state index contributed by atoms with van der Waals surface area (Å²) in [5, 5.41) is 2.34. The first-order chi connectivity index (χ1) is 7.09. The zero-order chi connectivity index (χ0) is 11.3. The maximum atomic E-state index is 11.5. The largest absolute Gasteiger partial charge is 0.338 e. The van der Waals surface area contributed by atoms with Crippen LogP contribution in [0.3, 0.4) is 0 Å². The average molecular weight is 246 g/mol. The molecule has 4 heteroatoms. The monoisotopic (exact) mass is 245 g/mol. The Bertz CT molecular complexity index is 314.